The van der Waals surface area contributed by atoms with Crippen LogP contribution in [0.3, 0.4) is 0 Å². The Morgan fingerprint density at radius 2 is 1.28 bits per heavy atom. The molecule has 4 nitrogen and oxygen atoms in total. The third-order valence-corrected chi connectivity index (χ3v) is 7.16. The van der Waals surface area contributed by atoms with Gasteiger partial charge < -0.3 is 9.80 Å². The lowest BCUT2D eigenvalue weighted by Crippen LogP contribution is -2.39. The first-order chi connectivity index (χ1) is 15.7. The van der Waals surface area contributed by atoms with E-state index in [4.69, 9.17) is 0 Å². The Morgan fingerprint density at radius 1 is 0.719 bits per heavy atom. The van der Waals surface area contributed by atoms with Gasteiger partial charge in [0.2, 0.25) is 11.8 Å². The van der Waals surface area contributed by atoms with Crippen LogP contribution in [-0.4, -0.2) is 47.8 Å². The quantitative estimate of drug-likeness (QED) is 0.626. The molecule has 1 heterocycles. The molecule has 0 unspecified atom stereocenters. The zero-order chi connectivity index (χ0) is 22.2. The van der Waals surface area contributed by atoms with Gasteiger partial charge >= 0.3 is 0 Å². The summed E-state index contributed by atoms with van der Waals surface area (Å²) < 4.78 is 0. The zero-order valence-corrected chi connectivity index (χ0v) is 19.1. The predicted molar refractivity (Wildman–Crippen MR) is 128 cm³/mol. The van der Waals surface area contributed by atoms with Crippen molar-refractivity contribution >= 4 is 11.8 Å². The lowest BCUT2D eigenvalue weighted by molar-refractivity contribution is -0.134. The molecule has 170 valence electrons. The highest BCUT2D eigenvalue weighted by atomic mass is 16.2. The van der Waals surface area contributed by atoms with Gasteiger partial charge in [0.1, 0.15) is 0 Å². The fraction of sp³-hybridized carbons (Fsp3) is 0.500. The fourth-order valence-corrected chi connectivity index (χ4v) is 5.30. The molecule has 0 atom stereocenters. The van der Waals surface area contributed by atoms with Crippen LogP contribution in [0.2, 0.25) is 0 Å². The van der Waals surface area contributed by atoms with Crippen molar-refractivity contribution in [2.24, 2.45) is 5.92 Å². The van der Waals surface area contributed by atoms with Gasteiger partial charge in [0, 0.05) is 32.6 Å². The second-order valence-corrected chi connectivity index (χ2v) is 9.36. The molecule has 2 amide bonds. The smallest absolute Gasteiger partial charge is 0.234 e. The summed E-state index contributed by atoms with van der Waals surface area (Å²) in [5.74, 6) is 0.840. The molecular weight excluding hydrogens is 396 g/mol. The van der Waals surface area contributed by atoms with Gasteiger partial charge in [-0.3, -0.25) is 9.59 Å². The summed E-state index contributed by atoms with van der Waals surface area (Å²) in [6.45, 7) is 2.73. The van der Waals surface area contributed by atoms with Crippen molar-refractivity contribution in [2.75, 3.05) is 26.2 Å². The standard InChI is InChI=1S/C28H36N2O2/c31-26(18-17-23-11-4-1-5-12-23)29-19-10-20-30(22-21-29)28(32)27(24-13-6-2-7-14-24)25-15-8-3-9-16-25/h2-3,6-9,13-16,23,27H,1,4-5,10-12,17-22H2. The number of rotatable bonds is 6. The Kier molecular flexibility index (Phi) is 7.97. The van der Waals surface area contributed by atoms with Crippen molar-refractivity contribution in [1.29, 1.82) is 0 Å². The van der Waals surface area contributed by atoms with Crippen LogP contribution in [0.15, 0.2) is 60.7 Å². The summed E-state index contributed by atoms with van der Waals surface area (Å²) in [6.07, 6.45) is 9.11. The van der Waals surface area contributed by atoms with Crippen LogP contribution in [0.1, 0.15) is 68.4 Å². The lowest BCUT2D eigenvalue weighted by atomic mass is 9.86. The molecule has 4 rings (SSSR count). The van der Waals surface area contributed by atoms with Gasteiger partial charge in [-0.05, 0) is 29.9 Å². The highest BCUT2D eigenvalue weighted by Crippen LogP contribution is 2.29. The van der Waals surface area contributed by atoms with E-state index in [0.717, 1.165) is 36.4 Å². The summed E-state index contributed by atoms with van der Waals surface area (Å²) in [7, 11) is 0. The number of amides is 2. The maximum atomic E-state index is 13.7. The van der Waals surface area contributed by atoms with E-state index in [1.807, 2.05) is 70.5 Å². The Balaban J connectivity index is 1.39. The summed E-state index contributed by atoms with van der Waals surface area (Å²) >= 11 is 0. The van der Waals surface area contributed by atoms with Crippen molar-refractivity contribution < 1.29 is 9.59 Å². The highest BCUT2D eigenvalue weighted by molar-refractivity contribution is 5.87. The molecule has 0 aromatic heterocycles. The van der Waals surface area contributed by atoms with Gasteiger partial charge in [-0.1, -0.05) is 92.8 Å². The second kappa shape index (κ2) is 11.3. The third-order valence-electron chi connectivity index (χ3n) is 7.16. The van der Waals surface area contributed by atoms with Crippen LogP contribution in [0, 0.1) is 5.92 Å². The molecule has 1 aliphatic carbocycles. The molecule has 0 N–H and O–H groups in total. The topological polar surface area (TPSA) is 40.6 Å². The molecular formula is C28H36N2O2. The van der Waals surface area contributed by atoms with Crippen molar-refractivity contribution in [2.45, 2.75) is 57.3 Å². The van der Waals surface area contributed by atoms with Crippen LogP contribution >= 0.6 is 0 Å². The van der Waals surface area contributed by atoms with Crippen molar-refractivity contribution in [3.05, 3.63) is 71.8 Å². The summed E-state index contributed by atoms with van der Waals surface area (Å²) in [4.78, 5) is 30.5. The van der Waals surface area contributed by atoms with Gasteiger partial charge in [0.15, 0.2) is 0 Å². The lowest BCUT2D eigenvalue weighted by Gasteiger charge is -2.27. The molecule has 0 spiro atoms. The van der Waals surface area contributed by atoms with Crippen molar-refractivity contribution in [3.63, 3.8) is 0 Å². The van der Waals surface area contributed by atoms with Gasteiger partial charge in [-0.25, -0.2) is 0 Å². The molecule has 2 fully saturated rings. The van der Waals surface area contributed by atoms with E-state index in [9.17, 15) is 9.59 Å². The van der Waals surface area contributed by atoms with Crippen LogP contribution in [-0.2, 0) is 9.59 Å². The number of nitrogens with zero attached hydrogens (tertiary/aromatic N) is 2. The maximum Gasteiger partial charge on any atom is 0.234 e. The molecule has 32 heavy (non-hydrogen) atoms. The Labute approximate surface area is 192 Å². The van der Waals surface area contributed by atoms with E-state index >= 15 is 0 Å². The Bertz CT molecular complexity index is 822. The van der Waals surface area contributed by atoms with Crippen molar-refractivity contribution in [1.82, 2.24) is 9.80 Å². The molecule has 1 aliphatic heterocycles. The summed E-state index contributed by atoms with van der Waals surface area (Å²) in [5.41, 5.74) is 2.04. The fourth-order valence-electron chi connectivity index (χ4n) is 5.30. The van der Waals surface area contributed by atoms with Gasteiger partial charge in [-0.2, -0.15) is 0 Å². The van der Waals surface area contributed by atoms with E-state index in [0.29, 0.717) is 26.1 Å². The molecule has 0 radical (unpaired) electrons. The molecule has 2 aromatic carbocycles. The minimum Gasteiger partial charge on any atom is -0.341 e. The van der Waals surface area contributed by atoms with Gasteiger partial charge in [0.25, 0.3) is 0 Å². The van der Waals surface area contributed by atoms with E-state index in [1.165, 1.54) is 32.1 Å². The number of hydrogen-bond acceptors (Lipinski definition) is 2. The minimum absolute atomic E-state index is 0.138. The van der Waals surface area contributed by atoms with Gasteiger partial charge in [-0.15, -0.1) is 0 Å². The van der Waals surface area contributed by atoms with E-state index < -0.39 is 0 Å². The average Bonchev–Trinajstić information content (AvgIpc) is 3.11. The van der Waals surface area contributed by atoms with E-state index in [1.54, 1.807) is 0 Å². The number of benzene rings is 2. The highest BCUT2D eigenvalue weighted by Gasteiger charge is 2.29. The Morgan fingerprint density at radius 3 is 1.91 bits per heavy atom. The first-order valence-corrected chi connectivity index (χ1v) is 12.4. The number of carbonyl (C=O) groups excluding carboxylic acids is 2. The predicted octanol–water partition coefficient (Wildman–Crippen LogP) is 5.24. The normalized spacial score (nSPS) is 17.9. The van der Waals surface area contributed by atoms with E-state index in [-0.39, 0.29) is 17.7 Å². The Hall–Kier alpha value is -2.62. The maximum absolute atomic E-state index is 13.7. The van der Waals surface area contributed by atoms with Crippen LogP contribution < -0.4 is 0 Å². The number of carbonyl (C=O) groups is 2. The first kappa shape index (κ1) is 22.6. The summed E-state index contributed by atoms with van der Waals surface area (Å²) in [5, 5.41) is 0. The molecule has 4 heteroatoms. The van der Waals surface area contributed by atoms with Crippen molar-refractivity contribution in [3.8, 4) is 0 Å². The monoisotopic (exact) mass is 432 g/mol. The van der Waals surface area contributed by atoms with Crippen LogP contribution in [0.4, 0.5) is 0 Å². The third kappa shape index (κ3) is 5.79. The first-order valence-electron chi connectivity index (χ1n) is 12.4. The molecule has 2 aromatic rings. The average molecular weight is 433 g/mol. The largest absolute Gasteiger partial charge is 0.341 e. The summed E-state index contributed by atoms with van der Waals surface area (Å²) in [6, 6.07) is 20.1. The molecule has 1 saturated carbocycles. The van der Waals surface area contributed by atoms with Crippen LogP contribution in [0.25, 0.3) is 0 Å². The number of hydrogen-bond donors (Lipinski definition) is 0. The molecule has 2 aliphatic rings. The molecule has 0 bridgehead atoms. The van der Waals surface area contributed by atoms with Crippen LogP contribution in [0.5, 0.6) is 0 Å². The minimum atomic E-state index is -0.300. The molecule has 1 saturated heterocycles. The van der Waals surface area contributed by atoms with E-state index in [2.05, 4.69) is 0 Å². The van der Waals surface area contributed by atoms with Gasteiger partial charge in [0.05, 0.1) is 5.92 Å². The second-order valence-electron chi connectivity index (χ2n) is 9.36. The zero-order valence-electron chi connectivity index (χ0n) is 19.1. The SMILES string of the molecule is O=C(CCC1CCCCC1)N1CCCN(C(=O)C(c2ccccc2)c2ccccc2)CC1.